The van der Waals surface area contributed by atoms with Gasteiger partial charge in [-0.1, -0.05) is 142 Å². The van der Waals surface area contributed by atoms with E-state index in [9.17, 15) is 19.4 Å². The van der Waals surface area contributed by atoms with Crippen molar-refractivity contribution in [3.8, 4) is 0 Å². The minimum absolute atomic E-state index is 0.000380. The fourth-order valence-corrected chi connectivity index (χ4v) is 5.59. The number of carbonyl (C=O) groups is 1. The van der Waals surface area contributed by atoms with E-state index in [0.717, 1.165) is 32.1 Å². The Hall–Kier alpha value is -0.760. The number of unbranched alkanes of at least 4 members (excludes halogenated alkanes) is 18. The standard InChI is InChI=1S/C34H69N2O6P/c1-6-8-10-11-12-13-14-15-16-17-18-19-20-21-22-23-24-26-28-34(38)35-32(33(37)27-25-9-7-2)31-42-43(39,40)41-30-29-36(3,4)5/h25,27,32-33,37H,6-24,26,28-31H2,1-5H3,(H-,35,38,39,40)/b27-25+. The van der Waals surface area contributed by atoms with Crippen LogP contribution < -0.4 is 10.2 Å². The van der Waals surface area contributed by atoms with E-state index in [-0.39, 0.29) is 19.1 Å². The van der Waals surface area contributed by atoms with Gasteiger partial charge >= 0.3 is 0 Å². The predicted octanol–water partition coefficient (Wildman–Crippen LogP) is 7.83. The summed E-state index contributed by atoms with van der Waals surface area (Å²) < 4.78 is 22.8. The topological polar surface area (TPSA) is 108 Å². The van der Waals surface area contributed by atoms with Crippen molar-refractivity contribution in [1.29, 1.82) is 0 Å². The Morgan fingerprint density at radius 2 is 1.26 bits per heavy atom. The molecule has 0 aliphatic carbocycles. The van der Waals surface area contributed by atoms with E-state index in [0.29, 0.717) is 17.4 Å². The fourth-order valence-electron chi connectivity index (χ4n) is 4.86. The molecule has 0 aromatic heterocycles. The summed E-state index contributed by atoms with van der Waals surface area (Å²) in [5.41, 5.74) is 0. The number of quaternary nitrogens is 1. The summed E-state index contributed by atoms with van der Waals surface area (Å²) >= 11 is 0. The third-order valence-corrected chi connectivity index (χ3v) is 8.69. The Morgan fingerprint density at radius 3 is 1.70 bits per heavy atom. The molecular weight excluding hydrogens is 563 g/mol. The molecule has 0 fully saturated rings. The number of nitrogens with one attached hydrogen (secondary N) is 1. The van der Waals surface area contributed by atoms with E-state index in [1.165, 1.54) is 96.3 Å². The van der Waals surface area contributed by atoms with Crippen LogP contribution in [-0.2, 0) is 18.4 Å². The van der Waals surface area contributed by atoms with E-state index in [1.807, 2.05) is 34.1 Å². The van der Waals surface area contributed by atoms with Crippen LogP contribution in [0.2, 0.25) is 0 Å². The molecule has 0 aliphatic rings. The largest absolute Gasteiger partial charge is 0.756 e. The number of carbonyl (C=O) groups excluding carboxylic acids is 1. The van der Waals surface area contributed by atoms with Gasteiger partial charge in [0.15, 0.2) is 0 Å². The summed E-state index contributed by atoms with van der Waals surface area (Å²) in [5, 5.41) is 13.3. The normalized spacial score (nSPS) is 15.0. The molecule has 3 atom stereocenters. The zero-order chi connectivity index (χ0) is 32.2. The van der Waals surface area contributed by atoms with Crippen LogP contribution in [0.25, 0.3) is 0 Å². The fraction of sp³-hybridized carbons (Fsp3) is 0.912. The zero-order valence-electron chi connectivity index (χ0n) is 28.7. The molecule has 0 aromatic rings. The highest BCUT2D eigenvalue weighted by molar-refractivity contribution is 7.45. The molecule has 256 valence electrons. The van der Waals surface area contributed by atoms with Gasteiger partial charge in [0.2, 0.25) is 5.91 Å². The molecule has 0 aliphatic heterocycles. The number of aliphatic hydroxyl groups excluding tert-OH is 1. The van der Waals surface area contributed by atoms with Gasteiger partial charge in [0.05, 0.1) is 39.9 Å². The highest BCUT2D eigenvalue weighted by atomic mass is 31.2. The number of allylic oxidation sites excluding steroid dienone is 1. The van der Waals surface area contributed by atoms with Gasteiger partial charge in [0, 0.05) is 6.42 Å². The number of hydrogen-bond acceptors (Lipinski definition) is 6. The van der Waals surface area contributed by atoms with E-state index >= 15 is 0 Å². The van der Waals surface area contributed by atoms with Gasteiger partial charge in [0.1, 0.15) is 13.2 Å². The maximum atomic E-state index is 12.6. The highest BCUT2D eigenvalue weighted by Crippen LogP contribution is 2.38. The predicted molar refractivity (Wildman–Crippen MR) is 178 cm³/mol. The second-order valence-electron chi connectivity index (χ2n) is 13.2. The molecule has 0 rings (SSSR count). The van der Waals surface area contributed by atoms with Gasteiger partial charge in [-0.25, -0.2) is 0 Å². The summed E-state index contributed by atoms with van der Waals surface area (Å²) in [7, 11) is 1.26. The number of rotatable bonds is 31. The van der Waals surface area contributed by atoms with Crippen LogP contribution in [0, 0.1) is 0 Å². The van der Waals surface area contributed by atoms with Crippen LogP contribution in [0.15, 0.2) is 12.2 Å². The molecule has 43 heavy (non-hydrogen) atoms. The molecule has 0 heterocycles. The Labute approximate surface area is 265 Å². The first-order valence-electron chi connectivity index (χ1n) is 17.6. The van der Waals surface area contributed by atoms with Crippen LogP contribution in [-0.4, -0.2) is 68.5 Å². The van der Waals surface area contributed by atoms with Gasteiger partial charge in [-0.05, 0) is 12.8 Å². The maximum absolute atomic E-state index is 12.6. The number of aliphatic hydroxyl groups is 1. The van der Waals surface area contributed by atoms with E-state index < -0.39 is 20.0 Å². The van der Waals surface area contributed by atoms with Crippen molar-refractivity contribution in [3.05, 3.63) is 12.2 Å². The molecule has 8 nitrogen and oxygen atoms in total. The molecule has 0 radical (unpaired) electrons. The third-order valence-electron chi connectivity index (χ3n) is 7.73. The van der Waals surface area contributed by atoms with Crippen molar-refractivity contribution in [3.63, 3.8) is 0 Å². The molecule has 0 saturated carbocycles. The lowest BCUT2D eigenvalue weighted by atomic mass is 10.0. The van der Waals surface area contributed by atoms with Gasteiger partial charge in [-0.2, -0.15) is 0 Å². The van der Waals surface area contributed by atoms with Crippen LogP contribution in [0.5, 0.6) is 0 Å². The van der Waals surface area contributed by atoms with Crippen LogP contribution in [0.1, 0.15) is 149 Å². The summed E-state index contributed by atoms with van der Waals surface area (Å²) in [6.07, 6.45) is 27.7. The van der Waals surface area contributed by atoms with Crippen molar-refractivity contribution < 1.29 is 32.9 Å². The summed E-state index contributed by atoms with van der Waals surface area (Å²) in [6.45, 7) is 4.41. The van der Waals surface area contributed by atoms with E-state index in [4.69, 9.17) is 9.05 Å². The second kappa shape index (κ2) is 27.5. The minimum atomic E-state index is -4.55. The Kier molecular flexibility index (Phi) is 27.1. The molecule has 2 N–H and O–H groups in total. The van der Waals surface area contributed by atoms with Crippen LogP contribution in [0.3, 0.4) is 0 Å². The minimum Gasteiger partial charge on any atom is -0.756 e. The van der Waals surface area contributed by atoms with Gasteiger partial charge in [0.25, 0.3) is 7.82 Å². The van der Waals surface area contributed by atoms with Crippen LogP contribution >= 0.6 is 7.82 Å². The smallest absolute Gasteiger partial charge is 0.268 e. The number of nitrogens with zero attached hydrogens (tertiary/aromatic N) is 1. The number of likely N-dealkylation sites (N-methyl/N-ethyl adjacent to an activating group) is 1. The molecule has 0 spiro atoms. The third kappa shape index (κ3) is 29.7. The lowest BCUT2D eigenvalue weighted by Gasteiger charge is -2.29. The van der Waals surface area contributed by atoms with Crippen molar-refractivity contribution in [2.75, 3.05) is 40.9 Å². The van der Waals surface area contributed by atoms with Crippen molar-refractivity contribution in [2.45, 2.75) is 161 Å². The first-order valence-corrected chi connectivity index (χ1v) is 19.0. The van der Waals surface area contributed by atoms with Crippen molar-refractivity contribution in [1.82, 2.24) is 5.32 Å². The van der Waals surface area contributed by atoms with E-state index in [1.54, 1.807) is 6.08 Å². The van der Waals surface area contributed by atoms with Crippen molar-refractivity contribution in [2.24, 2.45) is 0 Å². The van der Waals surface area contributed by atoms with Gasteiger partial charge in [-0.15, -0.1) is 0 Å². The SMILES string of the molecule is CCC/C=C/C(O)C(COP(=O)([O-])OCC[N+](C)(C)C)NC(=O)CCCCCCCCCCCCCCCCCCCC. The van der Waals surface area contributed by atoms with Crippen molar-refractivity contribution >= 4 is 13.7 Å². The molecule has 1 amide bonds. The summed E-state index contributed by atoms with van der Waals surface area (Å²) in [6, 6.07) is -0.875. The molecule has 0 bridgehead atoms. The molecule has 0 saturated heterocycles. The average molecular weight is 633 g/mol. The highest BCUT2D eigenvalue weighted by Gasteiger charge is 2.23. The number of hydrogen-bond donors (Lipinski definition) is 2. The van der Waals surface area contributed by atoms with E-state index in [2.05, 4.69) is 12.2 Å². The monoisotopic (exact) mass is 632 g/mol. The Balaban J connectivity index is 4.08. The molecule has 0 aromatic carbocycles. The number of amides is 1. The first-order chi connectivity index (χ1) is 20.5. The van der Waals surface area contributed by atoms with Gasteiger partial charge < -0.3 is 28.8 Å². The Bertz CT molecular complexity index is 728. The molecule has 9 heteroatoms. The Morgan fingerprint density at radius 1 is 0.791 bits per heavy atom. The quantitative estimate of drug-likeness (QED) is 0.0349. The lowest BCUT2D eigenvalue weighted by Crippen LogP contribution is -2.45. The average Bonchev–Trinajstić information content (AvgIpc) is 2.93. The zero-order valence-corrected chi connectivity index (χ0v) is 29.6. The first kappa shape index (κ1) is 42.2. The van der Waals surface area contributed by atoms with Gasteiger partial charge in [-0.3, -0.25) is 9.36 Å². The summed E-state index contributed by atoms with van der Waals surface area (Å²) in [4.78, 5) is 24.8. The second-order valence-corrected chi connectivity index (χ2v) is 14.6. The van der Waals surface area contributed by atoms with Crippen LogP contribution in [0.4, 0.5) is 0 Å². The molecule has 3 unspecified atom stereocenters. The molecular formula is C34H69N2O6P. The lowest BCUT2D eigenvalue weighted by molar-refractivity contribution is -0.870. The maximum Gasteiger partial charge on any atom is 0.268 e. The summed E-state index contributed by atoms with van der Waals surface area (Å²) in [5.74, 6) is -0.209. The number of phosphoric acid groups is 1. The number of phosphoric ester groups is 1.